The summed E-state index contributed by atoms with van der Waals surface area (Å²) in [6, 6.07) is 15.5. The van der Waals surface area contributed by atoms with Gasteiger partial charge >= 0.3 is 0 Å². The molecule has 0 spiro atoms. The maximum absolute atomic E-state index is 6.18. The van der Waals surface area contributed by atoms with E-state index >= 15 is 0 Å². The van der Waals surface area contributed by atoms with E-state index in [2.05, 4.69) is 44.2 Å². The Bertz CT molecular complexity index is 463. The molecule has 2 aromatic rings. The Morgan fingerprint density at radius 2 is 1.81 bits per heavy atom. The zero-order valence-corrected chi connectivity index (χ0v) is 10.3. The van der Waals surface area contributed by atoms with Crippen molar-refractivity contribution in [1.82, 2.24) is 0 Å². The minimum Gasteiger partial charge on any atom is -0.0830 e. The molecule has 2 aromatic carbocycles. The number of hydrogen-bond donors (Lipinski definition) is 0. The first kappa shape index (κ1) is 11.2. The van der Waals surface area contributed by atoms with Crippen LogP contribution in [0.15, 0.2) is 36.4 Å². The lowest BCUT2D eigenvalue weighted by Gasteiger charge is -2.08. The van der Waals surface area contributed by atoms with Gasteiger partial charge in [-0.25, -0.2) is 0 Å². The van der Waals surface area contributed by atoms with Crippen LogP contribution in [0.25, 0.3) is 11.1 Å². The lowest BCUT2D eigenvalue weighted by Crippen LogP contribution is -1.86. The van der Waals surface area contributed by atoms with Crippen LogP contribution in [0.3, 0.4) is 0 Å². The lowest BCUT2D eigenvalue weighted by atomic mass is 9.99. The first-order valence-electron chi connectivity index (χ1n) is 5.48. The van der Waals surface area contributed by atoms with Crippen LogP contribution in [-0.4, -0.2) is 0 Å². The summed E-state index contributed by atoms with van der Waals surface area (Å²) in [6.45, 7) is 4.23. The number of hydrogen-bond acceptors (Lipinski definition) is 0. The molecule has 0 saturated heterocycles. The summed E-state index contributed by atoms with van der Waals surface area (Å²) in [5, 5.41) is 0.698. The molecule has 16 heavy (non-hydrogen) atoms. The molecule has 0 nitrogen and oxygen atoms in total. The normalized spacial score (nSPS) is 10.4. The quantitative estimate of drug-likeness (QED) is 0.702. The van der Waals surface area contributed by atoms with E-state index in [0.717, 1.165) is 17.5 Å². The van der Waals surface area contributed by atoms with Gasteiger partial charge in [-0.3, -0.25) is 0 Å². The van der Waals surface area contributed by atoms with Gasteiger partial charge in [0.15, 0.2) is 0 Å². The van der Waals surface area contributed by atoms with Crippen molar-refractivity contribution in [3.63, 3.8) is 0 Å². The van der Waals surface area contributed by atoms with Gasteiger partial charge in [0.05, 0.1) is 5.02 Å². The van der Waals surface area contributed by atoms with Crippen molar-refractivity contribution in [2.24, 2.45) is 0 Å². The molecule has 0 unspecified atom stereocenters. The largest absolute Gasteiger partial charge is 0.0830 e. The molecule has 0 amide bonds. The summed E-state index contributed by atoms with van der Waals surface area (Å²) in [7, 11) is 0. The molecule has 0 N–H and O–H groups in total. The topological polar surface area (TPSA) is 0 Å². The average molecular weight is 230 g/mol. The molecule has 2 rings (SSSR count). The predicted molar refractivity (Wildman–Crippen MR) is 69.8 cm³/mol. The van der Waals surface area contributed by atoms with Crippen LogP contribution in [0.5, 0.6) is 0 Å². The highest BCUT2D eigenvalue weighted by molar-refractivity contribution is 6.33. The molecule has 0 aliphatic carbocycles. The number of rotatable bonds is 2. The third-order valence-electron chi connectivity index (χ3n) is 2.81. The van der Waals surface area contributed by atoms with E-state index in [1.165, 1.54) is 11.1 Å². The van der Waals surface area contributed by atoms with Crippen LogP contribution in [0, 0.1) is 13.0 Å². The summed E-state index contributed by atoms with van der Waals surface area (Å²) in [5.74, 6) is 0. The Labute approximate surface area is 102 Å². The molecule has 0 aliphatic heterocycles. The van der Waals surface area contributed by atoms with Gasteiger partial charge in [-0.05, 0) is 30.0 Å². The Morgan fingerprint density at radius 3 is 2.38 bits per heavy atom. The summed E-state index contributed by atoms with van der Waals surface area (Å²) < 4.78 is 0. The SMILES string of the molecule is CCc1ccc(-c2c(Cl)[c]ccc2C)cc1. The van der Waals surface area contributed by atoms with Gasteiger partial charge in [-0.1, -0.05) is 54.9 Å². The summed E-state index contributed by atoms with van der Waals surface area (Å²) in [5.41, 5.74) is 4.79. The number of aryl methyl sites for hydroxylation is 2. The molecule has 0 fully saturated rings. The van der Waals surface area contributed by atoms with E-state index < -0.39 is 0 Å². The molecule has 81 valence electrons. The molecule has 0 aromatic heterocycles. The van der Waals surface area contributed by atoms with Crippen molar-refractivity contribution in [3.05, 3.63) is 58.6 Å². The maximum Gasteiger partial charge on any atom is 0.0565 e. The zero-order valence-electron chi connectivity index (χ0n) is 9.55. The van der Waals surface area contributed by atoms with Crippen LogP contribution >= 0.6 is 11.6 Å². The molecular formula is C15H14Cl. The van der Waals surface area contributed by atoms with Crippen molar-refractivity contribution < 1.29 is 0 Å². The van der Waals surface area contributed by atoms with E-state index in [9.17, 15) is 0 Å². The zero-order chi connectivity index (χ0) is 11.5. The van der Waals surface area contributed by atoms with Gasteiger partial charge in [-0.15, -0.1) is 0 Å². The number of benzene rings is 2. The monoisotopic (exact) mass is 229 g/mol. The van der Waals surface area contributed by atoms with Gasteiger partial charge in [0.25, 0.3) is 0 Å². The summed E-state index contributed by atoms with van der Waals surface area (Å²) in [4.78, 5) is 0. The van der Waals surface area contributed by atoms with Crippen LogP contribution in [0.4, 0.5) is 0 Å². The maximum atomic E-state index is 6.18. The number of halogens is 1. The molecule has 0 atom stereocenters. The van der Waals surface area contributed by atoms with E-state index in [0.29, 0.717) is 5.02 Å². The first-order valence-corrected chi connectivity index (χ1v) is 5.86. The second-order valence-electron chi connectivity index (χ2n) is 3.90. The highest BCUT2D eigenvalue weighted by Gasteiger charge is 2.06. The fourth-order valence-corrected chi connectivity index (χ4v) is 2.15. The van der Waals surface area contributed by atoms with Crippen molar-refractivity contribution in [2.45, 2.75) is 20.3 Å². The van der Waals surface area contributed by atoms with Crippen LogP contribution in [0.1, 0.15) is 18.1 Å². The van der Waals surface area contributed by atoms with Crippen LogP contribution in [0.2, 0.25) is 5.02 Å². The van der Waals surface area contributed by atoms with Crippen LogP contribution < -0.4 is 0 Å². The van der Waals surface area contributed by atoms with E-state index in [1.807, 2.05) is 12.1 Å². The van der Waals surface area contributed by atoms with Gasteiger partial charge in [0.1, 0.15) is 0 Å². The van der Waals surface area contributed by atoms with Crippen molar-refractivity contribution >= 4 is 11.6 Å². The fraction of sp³-hybridized carbons (Fsp3) is 0.200. The molecular weight excluding hydrogens is 216 g/mol. The van der Waals surface area contributed by atoms with Gasteiger partial charge in [0.2, 0.25) is 0 Å². The standard InChI is InChI=1S/C15H14Cl/c1-3-12-7-9-13(10-8-12)15-11(2)5-4-6-14(15)16/h4-5,7-10H,3H2,1-2H3. The van der Waals surface area contributed by atoms with E-state index in [1.54, 1.807) is 0 Å². The highest BCUT2D eigenvalue weighted by atomic mass is 35.5. The molecule has 0 bridgehead atoms. The molecule has 1 radical (unpaired) electrons. The second-order valence-corrected chi connectivity index (χ2v) is 4.28. The van der Waals surface area contributed by atoms with Gasteiger partial charge in [0, 0.05) is 11.6 Å². The van der Waals surface area contributed by atoms with Crippen LogP contribution in [-0.2, 0) is 6.42 Å². The minimum atomic E-state index is 0.698. The Hall–Kier alpha value is -1.27. The predicted octanol–water partition coefficient (Wildman–Crippen LogP) is 4.68. The van der Waals surface area contributed by atoms with Gasteiger partial charge < -0.3 is 0 Å². The van der Waals surface area contributed by atoms with Crippen molar-refractivity contribution in [2.75, 3.05) is 0 Å². The summed E-state index contributed by atoms with van der Waals surface area (Å²) >= 11 is 6.18. The summed E-state index contributed by atoms with van der Waals surface area (Å²) in [6.07, 6.45) is 1.06. The highest BCUT2D eigenvalue weighted by Crippen LogP contribution is 2.30. The third-order valence-corrected chi connectivity index (χ3v) is 3.11. The van der Waals surface area contributed by atoms with E-state index in [-0.39, 0.29) is 0 Å². The average Bonchev–Trinajstić information content (AvgIpc) is 2.30. The van der Waals surface area contributed by atoms with Crippen molar-refractivity contribution in [1.29, 1.82) is 0 Å². The first-order chi connectivity index (χ1) is 7.72. The third kappa shape index (κ3) is 2.12. The fourth-order valence-electron chi connectivity index (χ4n) is 1.83. The lowest BCUT2D eigenvalue weighted by molar-refractivity contribution is 1.14. The second kappa shape index (κ2) is 4.71. The Balaban J connectivity index is 2.50. The van der Waals surface area contributed by atoms with E-state index in [4.69, 9.17) is 11.6 Å². The molecule has 0 saturated carbocycles. The smallest absolute Gasteiger partial charge is 0.0565 e. The molecule has 1 heteroatoms. The Morgan fingerprint density at radius 1 is 1.12 bits per heavy atom. The molecule has 0 heterocycles. The van der Waals surface area contributed by atoms with Gasteiger partial charge in [-0.2, -0.15) is 0 Å². The minimum absolute atomic E-state index is 0.698. The van der Waals surface area contributed by atoms with Crippen molar-refractivity contribution in [3.8, 4) is 11.1 Å². The Kier molecular flexibility index (Phi) is 3.31. The molecule has 0 aliphatic rings.